The lowest BCUT2D eigenvalue weighted by atomic mass is 10.2. The molecule has 2 aromatic rings. The molecule has 1 aromatic heterocycles. The van der Waals surface area contributed by atoms with Gasteiger partial charge in [0.05, 0.1) is 4.90 Å². The number of hydrogen-bond acceptors (Lipinski definition) is 5. The summed E-state index contributed by atoms with van der Waals surface area (Å²) in [7, 11) is 1.04. The number of amides is 1. The van der Waals surface area contributed by atoms with Crippen molar-refractivity contribution in [1.29, 1.82) is 0 Å². The van der Waals surface area contributed by atoms with Crippen LogP contribution in [0.3, 0.4) is 0 Å². The first-order valence-corrected chi connectivity index (χ1v) is 9.91. The highest BCUT2D eigenvalue weighted by molar-refractivity contribution is 7.89. The molecule has 2 rings (SSSR count). The third kappa shape index (κ3) is 4.66. The summed E-state index contributed by atoms with van der Waals surface area (Å²) >= 11 is 1.63. The van der Waals surface area contributed by atoms with Crippen molar-refractivity contribution in [2.45, 2.75) is 17.9 Å². The van der Waals surface area contributed by atoms with Crippen LogP contribution in [0.5, 0.6) is 0 Å². The smallest absolute Gasteiger partial charge is 0.251 e. The van der Waals surface area contributed by atoms with Crippen molar-refractivity contribution in [3.63, 3.8) is 0 Å². The topological polar surface area (TPSA) is 75.7 Å². The molecule has 0 aliphatic heterocycles. The number of rotatable bonds is 7. The molecule has 0 radical (unpaired) electrons. The number of aryl methyl sites for hydroxylation is 1. The number of carbonyl (C=O) groups is 1. The molecule has 0 aliphatic rings. The molecule has 0 saturated heterocycles. The van der Waals surface area contributed by atoms with Gasteiger partial charge in [-0.1, -0.05) is 0 Å². The van der Waals surface area contributed by atoms with E-state index < -0.39 is 10.0 Å². The molecule has 1 N–H and O–H groups in total. The van der Waals surface area contributed by atoms with E-state index in [1.54, 1.807) is 18.4 Å². The Bertz CT molecular complexity index is 827. The lowest BCUT2D eigenvalue weighted by Gasteiger charge is -2.15. The van der Waals surface area contributed by atoms with E-state index in [1.165, 1.54) is 43.2 Å². The van der Waals surface area contributed by atoms with Crippen LogP contribution in [0.15, 0.2) is 41.3 Å². The first-order chi connectivity index (χ1) is 11.8. The van der Waals surface area contributed by atoms with Crippen molar-refractivity contribution in [2.24, 2.45) is 0 Å². The van der Waals surface area contributed by atoms with Gasteiger partial charge in [-0.05, 0) is 43.3 Å². The lowest BCUT2D eigenvalue weighted by molar-refractivity contribution is 0.0837. The molecule has 1 atom stereocenters. The molecule has 0 bridgehead atoms. The molecule has 136 valence electrons. The van der Waals surface area contributed by atoms with Crippen molar-refractivity contribution in [2.75, 3.05) is 27.7 Å². The van der Waals surface area contributed by atoms with E-state index in [0.29, 0.717) is 12.1 Å². The van der Waals surface area contributed by atoms with Crippen LogP contribution in [0.4, 0.5) is 0 Å². The summed E-state index contributed by atoms with van der Waals surface area (Å²) in [5.74, 6) is -0.274. The molecule has 1 heterocycles. The van der Waals surface area contributed by atoms with Crippen LogP contribution in [0, 0.1) is 6.92 Å². The van der Waals surface area contributed by atoms with Crippen LogP contribution in [0.2, 0.25) is 0 Å². The minimum Gasteiger partial charge on any atom is -0.374 e. The molecule has 0 fully saturated rings. The number of methoxy groups -OCH3 is 1. The molecule has 25 heavy (non-hydrogen) atoms. The zero-order valence-corrected chi connectivity index (χ0v) is 16.3. The Morgan fingerprint density at radius 2 is 1.84 bits per heavy atom. The Labute approximate surface area is 152 Å². The van der Waals surface area contributed by atoms with Gasteiger partial charge in [0.15, 0.2) is 0 Å². The number of nitrogens with one attached hydrogen (secondary N) is 1. The van der Waals surface area contributed by atoms with Gasteiger partial charge in [-0.15, -0.1) is 11.3 Å². The normalized spacial score (nSPS) is 13.0. The average molecular weight is 383 g/mol. The third-order valence-corrected chi connectivity index (χ3v) is 6.63. The van der Waals surface area contributed by atoms with Gasteiger partial charge in [0, 0.05) is 43.1 Å². The maximum absolute atomic E-state index is 12.3. The molecule has 0 spiro atoms. The fourth-order valence-electron chi connectivity index (χ4n) is 2.20. The molecule has 8 heteroatoms. The molecule has 0 saturated carbocycles. The van der Waals surface area contributed by atoms with Crippen LogP contribution < -0.4 is 5.32 Å². The van der Waals surface area contributed by atoms with E-state index in [2.05, 4.69) is 5.32 Å². The number of ether oxygens (including phenoxy) is 1. The maximum Gasteiger partial charge on any atom is 0.251 e. The lowest BCUT2D eigenvalue weighted by Crippen LogP contribution is -2.29. The van der Waals surface area contributed by atoms with Gasteiger partial charge in [0.25, 0.3) is 5.91 Å². The van der Waals surface area contributed by atoms with E-state index in [1.807, 2.05) is 19.1 Å². The van der Waals surface area contributed by atoms with E-state index in [4.69, 9.17) is 4.74 Å². The third-order valence-electron chi connectivity index (χ3n) is 3.71. The van der Waals surface area contributed by atoms with Gasteiger partial charge in [-0.2, -0.15) is 0 Å². The van der Waals surface area contributed by atoms with Gasteiger partial charge in [-0.3, -0.25) is 4.79 Å². The van der Waals surface area contributed by atoms with Crippen LogP contribution in [0.1, 0.15) is 26.2 Å². The van der Waals surface area contributed by atoms with Crippen LogP contribution in [-0.4, -0.2) is 46.4 Å². The Balaban J connectivity index is 2.03. The number of carbonyl (C=O) groups excluding carboxylic acids is 1. The van der Waals surface area contributed by atoms with Gasteiger partial charge >= 0.3 is 0 Å². The zero-order chi connectivity index (χ0) is 18.6. The number of sulfonamides is 1. The SMILES string of the molecule is CO[C@@H](CNC(=O)c1ccc(S(=O)(=O)N(C)C)cc1)c1ccc(C)s1. The molecule has 0 unspecified atom stereocenters. The summed E-state index contributed by atoms with van der Waals surface area (Å²) in [5, 5.41) is 2.82. The average Bonchev–Trinajstić information content (AvgIpc) is 3.01. The quantitative estimate of drug-likeness (QED) is 0.798. The van der Waals surface area contributed by atoms with Gasteiger partial charge in [0.1, 0.15) is 6.10 Å². The first-order valence-electron chi connectivity index (χ1n) is 7.65. The monoisotopic (exact) mass is 382 g/mol. The zero-order valence-electron chi connectivity index (χ0n) is 14.6. The van der Waals surface area contributed by atoms with Gasteiger partial charge < -0.3 is 10.1 Å². The van der Waals surface area contributed by atoms with Gasteiger partial charge in [-0.25, -0.2) is 12.7 Å². The predicted octanol–water partition coefficient (Wildman–Crippen LogP) is 2.42. The minimum atomic E-state index is -3.50. The molecule has 1 aromatic carbocycles. The fourth-order valence-corrected chi connectivity index (χ4v) is 4.06. The standard InChI is InChI=1S/C17H22N2O4S2/c1-12-5-10-16(24-12)15(23-4)11-18-17(20)13-6-8-14(9-7-13)25(21,22)19(2)3/h5-10,15H,11H2,1-4H3,(H,18,20)/t15-/m0/s1. The summed E-state index contributed by atoms with van der Waals surface area (Å²) in [4.78, 5) is 14.7. The number of thiophene rings is 1. The van der Waals surface area contributed by atoms with Crippen molar-refractivity contribution in [3.8, 4) is 0 Å². The van der Waals surface area contributed by atoms with Crippen LogP contribution in [-0.2, 0) is 14.8 Å². The number of benzene rings is 1. The summed E-state index contributed by atoms with van der Waals surface area (Å²) in [6.45, 7) is 2.36. The molecular formula is C17H22N2O4S2. The van der Waals surface area contributed by atoms with E-state index >= 15 is 0 Å². The van der Waals surface area contributed by atoms with E-state index in [-0.39, 0.29) is 16.9 Å². The first kappa shape index (κ1) is 19.6. The summed E-state index contributed by atoms with van der Waals surface area (Å²) < 4.78 is 30.6. The van der Waals surface area contributed by atoms with Gasteiger partial charge in [0.2, 0.25) is 10.0 Å². The molecular weight excluding hydrogens is 360 g/mol. The molecule has 1 amide bonds. The molecule has 6 nitrogen and oxygen atoms in total. The highest BCUT2D eigenvalue weighted by Crippen LogP contribution is 2.24. The second-order valence-corrected chi connectivity index (χ2v) is 9.17. The second-order valence-electron chi connectivity index (χ2n) is 5.69. The van der Waals surface area contributed by atoms with E-state index in [0.717, 1.165) is 9.18 Å². The summed E-state index contributed by atoms with van der Waals surface area (Å²) in [6, 6.07) is 9.87. The van der Waals surface area contributed by atoms with Crippen molar-refractivity contribution < 1.29 is 17.9 Å². The maximum atomic E-state index is 12.3. The van der Waals surface area contributed by atoms with Crippen molar-refractivity contribution in [1.82, 2.24) is 9.62 Å². The predicted molar refractivity (Wildman–Crippen MR) is 98.5 cm³/mol. The highest BCUT2D eigenvalue weighted by atomic mass is 32.2. The largest absolute Gasteiger partial charge is 0.374 e. The fraction of sp³-hybridized carbons (Fsp3) is 0.353. The van der Waals surface area contributed by atoms with Crippen molar-refractivity contribution in [3.05, 3.63) is 51.7 Å². The second kappa shape index (κ2) is 8.09. The van der Waals surface area contributed by atoms with Crippen LogP contribution >= 0.6 is 11.3 Å². The molecule has 0 aliphatic carbocycles. The van der Waals surface area contributed by atoms with Crippen LogP contribution in [0.25, 0.3) is 0 Å². The van der Waals surface area contributed by atoms with E-state index in [9.17, 15) is 13.2 Å². The minimum absolute atomic E-state index is 0.151. The Hall–Kier alpha value is -1.74. The highest BCUT2D eigenvalue weighted by Gasteiger charge is 2.18. The Morgan fingerprint density at radius 1 is 1.20 bits per heavy atom. The van der Waals surface area contributed by atoms with Crippen molar-refractivity contribution >= 4 is 27.3 Å². The number of nitrogens with zero attached hydrogens (tertiary/aromatic N) is 1. The summed E-state index contributed by atoms with van der Waals surface area (Å²) in [6.07, 6.45) is -0.212. The number of hydrogen-bond donors (Lipinski definition) is 1. The summed E-state index contributed by atoms with van der Waals surface area (Å²) in [5.41, 5.74) is 0.398. The Morgan fingerprint density at radius 3 is 2.32 bits per heavy atom. The Kier molecular flexibility index (Phi) is 6.34.